The normalized spacial score (nSPS) is 20.7. The van der Waals surface area contributed by atoms with Gasteiger partial charge in [0.05, 0.1) is 5.92 Å². The number of hydrogen-bond acceptors (Lipinski definition) is 3. The molecule has 5 nitrogen and oxygen atoms in total. The van der Waals surface area contributed by atoms with Crippen molar-refractivity contribution in [3.05, 3.63) is 35.9 Å². The lowest BCUT2D eigenvalue weighted by Crippen LogP contribution is -2.46. The van der Waals surface area contributed by atoms with Gasteiger partial charge in [0.1, 0.15) is 0 Å². The second-order valence-electron chi connectivity index (χ2n) is 7.79. The van der Waals surface area contributed by atoms with Gasteiger partial charge in [0.15, 0.2) is 0 Å². The largest absolute Gasteiger partial charge is 0.342 e. The number of rotatable bonds is 5. The van der Waals surface area contributed by atoms with Gasteiger partial charge in [-0.3, -0.25) is 9.59 Å². The van der Waals surface area contributed by atoms with E-state index in [1.54, 1.807) is 0 Å². The summed E-state index contributed by atoms with van der Waals surface area (Å²) in [6.07, 6.45) is 4.80. The van der Waals surface area contributed by atoms with Crippen molar-refractivity contribution in [3.8, 4) is 0 Å². The van der Waals surface area contributed by atoms with Gasteiger partial charge in [-0.05, 0) is 37.2 Å². The third-order valence-corrected chi connectivity index (χ3v) is 5.94. The van der Waals surface area contributed by atoms with E-state index in [1.807, 2.05) is 47.1 Å². The number of likely N-dealkylation sites (tertiary alicyclic amines) is 2. The lowest BCUT2D eigenvalue weighted by atomic mass is 9.91. The van der Waals surface area contributed by atoms with Crippen LogP contribution in [0, 0.1) is 11.8 Å². The molecule has 2 unspecified atom stereocenters. The zero-order valence-electron chi connectivity index (χ0n) is 16.2. The van der Waals surface area contributed by atoms with E-state index in [1.165, 1.54) is 0 Å². The minimum absolute atomic E-state index is 0. The van der Waals surface area contributed by atoms with Crippen molar-refractivity contribution >= 4 is 24.2 Å². The van der Waals surface area contributed by atoms with Crippen molar-refractivity contribution in [2.75, 3.05) is 26.2 Å². The maximum absolute atomic E-state index is 12.8. The third-order valence-electron chi connectivity index (χ3n) is 5.94. The van der Waals surface area contributed by atoms with Crippen LogP contribution in [0.25, 0.3) is 0 Å². The molecule has 2 aliphatic heterocycles. The minimum atomic E-state index is -0.271. The molecule has 27 heavy (non-hydrogen) atoms. The Kier molecular flexibility index (Phi) is 8.11. The monoisotopic (exact) mass is 393 g/mol. The molecule has 2 aliphatic rings. The SMILES string of the molecule is CC(C(=O)N1CCC(CN2CCCCC2=O)CC1)C(N)c1ccccc1.Cl. The molecule has 0 saturated carbocycles. The number of halogens is 1. The molecule has 2 amide bonds. The Hall–Kier alpha value is -1.59. The van der Waals surface area contributed by atoms with E-state index in [4.69, 9.17) is 5.73 Å². The second-order valence-corrected chi connectivity index (χ2v) is 7.79. The zero-order chi connectivity index (χ0) is 18.5. The van der Waals surface area contributed by atoms with Crippen molar-refractivity contribution in [2.45, 2.75) is 45.1 Å². The van der Waals surface area contributed by atoms with Crippen molar-refractivity contribution in [1.82, 2.24) is 9.80 Å². The molecule has 2 saturated heterocycles. The first-order valence-corrected chi connectivity index (χ1v) is 9.93. The molecule has 0 bridgehead atoms. The lowest BCUT2D eigenvalue weighted by Gasteiger charge is -2.37. The first kappa shape index (κ1) is 21.7. The van der Waals surface area contributed by atoms with E-state index < -0.39 is 0 Å². The van der Waals surface area contributed by atoms with Gasteiger partial charge in [0.25, 0.3) is 0 Å². The van der Waals surface area contributed by atoms with Crippen LogP contribution in [0.5, 0.6) is 0 Å². The number of hydrogen-bond donors (Lipinski definition) is 1. The molecule has 1 aromatic rings. The Bertz CT molecular complexity index is 617. The highest BCUT2D eigenvalue weighted by Crippen LogP contribution is 2.25. The van der Waals surface area contributed by atoms with E-state index in [0.717, 1.165) is 57.4 Å². The van der Waals surface area contributed by atoms with Crippen molar-refractivity contribution in [1.29, 1.82) is 0 Å². The topological polar surface area (TPSA) is 66.6 Å². The summed E-state index contributed by atoms with van der Waals surface area (Å²) in [5.41, 5.74) is 7.33. The minimum Gasteiger partial charge on any atom is -0.342 e. The van der Waals surface area contributed by atoms with Crippen molar-refractivity contribution in [3.63, 3.8) is 0 Å². The summed E-state index contributed by atoms with van der Waals surface area (Å²) in [6.45, 7) is 5.24. The van der Waals surface area contributed by atoms with Gasteiger partial charge < -0.3 is 15.5 Å². The molecule has 0 radical (unpaired) electrons. The Morgan fingerprint density at radius 2 is 1.81 bits per heavy atom. The van der Waals surface area contributed by atoms with Crippen LogP contribution in [0.1, 0.15) is 50.6 Å². The molecule has 0 spiro atoms. The smallest absolute Gasteiger partial charge is 0.227 e. The summed E-state index contributed by atoms with van der Waals surface area (Å²) in [5.74, 6) is 0.739. The Balaban J connectivity index is 0.00000261. The molecule has 2 atom stereocenters. The molecular formula is C21H32ClN3O2. The maximum Gasteiger partial charge on any atom is 0.227 e. The molecule has 150 valence electrons. The predicted molar refractivity (Wildman–Crippen MR) is 110 cm³/mol. The average Bonchev–Trinajstić information content (AvgIpc) is 2.69. The van der Waals surface area contributed by atoms with Crippen LogP contribution in [0.2, 0.25) is 0 Å². The number of piperidine rings is 2. The quantitative estimate of drug-likeness (QED) is 0.836. The fraction of sp³-hybridized carbons (Fsp3) is 0.619. The number of nitrogens with two attached hydrogens (primary N) is 1. The summed E-state index contributed by atoms with van der Waals surface area (Å²) in [4.78, 5) is 28.8. The Labute approximate surface area is 168 Å². The van der Waals surface area contributed by atoms with Crippen LogP contribution in [0.15, 0.2) is 30.3 Å². The van der Waals surface area contributed by atoms with Gasteiger partial charge in [-0.15, -0.1) is 12.4 Å². The van der Waals surface area contributed by atoms with Gasteiger partial charge in [0.2, 0.25) is 11.8 Å². The second kappa shape index (κ2) is 10.1. The van der Waals surface area contributed by atoms with Crippen LogP contribution in [0.4, 0.5) is 0 Å². The summed E-state index contributed by atoms with van der Waals surface area (Å²) in [5, 5.41) is 0. The Morgan fingerprint density at radius 3 is 2.44 bits per heavy atom. The van der Waals surface area contributed by atoms with Crippen LogP contribution >= 0.6 is 12.4 Å². The summed E-state index contributed by atoms with van der Waals surface area (Å²) in [7, 11) is 0. The molecule has 0 aromatic heterocycles. The van der Waals surface area contributed by atoms with Gasteiger partial charge >= 0.3 is 0 Å². The van der Waals surface area contributed by atoms with Gasteiger partial charge in [-0.2, -0.15) is 0 Å². The van der Waals surface area contributed by atoms with E-state index in [-0.39, 0.29) is 30.3 Å². The van der Waals surface area contributed by atoms with Crippen LogP contribution < -0.4 is 5.73 Å². The van der Waals surface area contributed by atoms with Gasteiger partial charge in [0, 0.05) is 38.6 Å². The maximum atomic E-state index is 12.8. The molecule has 1 aromatic carbocycles. The van der Waals surface area contributed by atoms with Crippen LogP contribution in [-0.4, -0.2) is 47.8 Å². The number of amides is 2. The highest BCUT2D eigenvalue weighted by molar-refractivity contribution is 5.85. The fourth-order valence-electron chi connectivity index (χ4n) is 4.11. The fourth-order valence-corrected chi connectivity index (χ4v) is 4.11. The van der Waals surface area contributed by atoms with Crippen molar-refractivity contribution < 1.29 is 9.59 Å². The lowest BCUT2D eigenvalue weighted by molar-refractivity contribution is -0.138. The number of carbonyl (C=O) groups is 2. The predicted octanol–water partition coefficient (Wildman–Crippen LogP) is 3.00. The molecule has 2 heterocycles. The van der Waals surface area contributed by atoms with Crippen LogP contribution in [-0.2, 0) is 9.59 Å². The molecule has 2 fully saturated rings. The summed E-state index contributed by atoms with van der Waals surface area (Å²) < 4.78 is 0. The molecule has 0 aliphatic carbocycles. The number of benzene rings is 1. The first-order valence-electron chi connectivity index (χ1n) is 9.93. The van der Waals surface area contributed by atoms with Gasteiger partial charge in [-0.1, -0.05) is 37.3 Å². The molecule has 3 rings (SSSR count). The number of nitrogens with zero attached hydrogens (tertiary/aromatic N) is 2. The van der Waals surface area contributed by atoms with Gasteiger partial charge in [-0.25, -0.2) is 0 Å². The Morgan fingerprint density at radius 1 is 1.15 bits per heavy atom. The average molecular weight is 394 g/mol. The first-order chi connectivity index (χ1) is 12.6. The van der Waals surface area contributed by atoms with E-state index >= 15 is 0 Å². The highest BCUT2D eigenvalue weighted by atomic mass is 35.5. The molecular weight excluding hydrogens is 362 g/mol. The zero-order valence-corrected chi connectivity index (χ0v) is 17.0. The molecule has 6 heteroatoms. The van der Waals surface area contributed by atoms with Crippen LogP contribution in [0.3, 0.4) is 0 Å². The van der Waals surface area contributed by atoms with E-state index in [9.17, 15) is 9.59 Å². The summed E-state index contributed by atoms with van der Waals surface area (Å²) in [6, 6.07) is 9.57. The third kappa shape index (κ3) is 5.45. The van der Waals surface area contributed by atoms with E-state index in [2.05, 4.69) is 0 Å². The standard InChI is InChI=1S/C21H31N3O2.ClH/c1-16(20(22)18-7-3-2-4-8-18)21(26)23-13-10-17(11-14-23)15-24-12-6-5-9-19(24)25;/h2-4,7-8,16-17,20H,5-6,9-15,22H2,1H3;1H. The van der Waals surface area contributed by atoms with E-state index in [0.29, 0.717) is 18.2 Å². The highest BCUT2D eigenvalue weighted by Gasteiger charge is 2.31. The van der Waals surface area contributed by atoms with Crippen molar-refractivity contribution in [2.24, 2.45) is 17.6 Å². The summed E-state index contributed by atoms with van der Waals surface area (Å²) >= 11 is 0. The molecule has 2 N–H and O–H groups in total. The number of carbonyl (C=O) groups excluding carboxylic acids is 2.